The first-order chi connectivity index (χ1) is 11.1. The van der Waals surface area contributed by atoms with Gasteiger partial charge in [-0.15, -0.1) is 0 Å². The zero-order chi connectivity index (χ0) is 17.8. The molecule has 0 bridgehead atoms. The van der Waals surface area contributed by atoms with Crippen LogP contribution in [-0.4, -0.2) is 42.1 Å². The van der Waals surface area contributed by atoms with Crippen LogP contribution < -0.4 is 0 Å². The van der Waals surface area contributed by atoms with Crippen LogP contribution in [0.3, 0.4) is 0 Å². The summed E-state index contributed by atoms with van der Waals surface area (Å²) in [6.45, 7) is 8.18. The fourth-order valence-electron chi connectivity index (χ4n) is 3.78. The second kappa shape index (κ2) is 5.62. The van der Waals surface area contributed by atoms with Crippen molar-refractivity contribution in [2.24, 2.45) is 11.8 Å². The number of carbonyl (C=O) groups is 1. The van der Waals surface area contributed by atoms with E-state index in [9.17, 15) is 9.90 Å². The summed E-state index contributed by atoms with van der Waals surface area (Å²) in [5.74, 6) is 4.99. The van der Waals surface area contributed by atoms with Crippen molar-refractivity contribution >= 4 is 13.1 Å². The molecular weight excluding hydrogens is 307 g/mol. The normalized spacial score (nSPS) is 35.9. The molecule has 5 nitrogen and oxygen atoms in total. The fraction of sp³-hybridized carbons (Fsp3) is 0.722. The average Bonchev–Trinajstić information content (AvgIpc) is 3.04. The molecule has 3 atom stereocenters. The van der Waals surface area contributed by atoms with E-state index in [0.717, 1.165) is 11.9 Å². The van der Waals surface area contributed by atoms with Gasteiger partial charge in [0.2, 0.25) is 0 Å². The van der Waals surface area contributed by atoms with E-state index in [2.05, 4.69) is 22.7 Å². The Morgan fingerprint density at radius 1 is 1.29 bits per heavy atom. The average molecular weight is 332 g/mol. The first-order valence-electron chi connectivity index (χ1n) is 8.45. The maximum Gasteiger partial charge on any atom is 0.490 e. The number of carbonyl (C=O) groups excluding carboxylic acids is 1. The van der Waals surface area contributed by atoms with Gasteiger partial charge in [0, 0.05) is 5.92 Å². The second-order valence-electron chi connectivity index (χ2n) is 8.14. The molecular formula is C18H25BO5. The van der Waals surface area contributed by atoms with Crippen molar-refractivity contribution < 1.29 is 23.9 Å². The van der Waals surface area contributed by atoms with Gasteiger partial charge < -0.3 is 19.2 Å². The summed E-state index contributed by atoms with van der Waals surface area (Å²) in [5, 5.41) is 10.6. The number of hydrogen-bond donors (Lipinski definition) is 1. The number of methoxy groups -OCH3 is 1. The quantitative estimate of drug-likeness (QED) is 0.344. The van der Waals surface area contributed by atoms with Gasteiger partial charge in [0.15, 0.2) is 0 Å². The lowest BCUT2D eigenvalue weighted by Gasteiger charge is -2.32. The molecule has 2 fully saturated rings. The number of rotatable bonds is 1. The van der Waals surface area contributed by atoms with Gasteiger partial charge in [-0.25, -0.2) is 4.79 Å². The monoisotopic (exact) mass is 332 g/mol. The molecule has 1 aliphatic heterocycles. The standard InChI is InChI=1S/C18H25BO5/c1-16(2)17(3,4)24-19(23-16)14-8-12-10-18(21,11-13(12)9-14)7-6-15(20)22-5/h8,12-13,21H,9-11H2,1-5H3/t12-,13+,18+/m0/s1. The predicted octanol–water partition coefficient (Wildman–Crippen LogP) is 1.88. The van der Waals surface area contributed by atoms with E-state index < -0.39 is 11.6 Å². The molecule has 24 heavy (non-hydrogen) atoms. The Hall–Kier alpha value is -1.29. The van der Waals surface area contributed by atoms with Crippen molar-refractivity contribution in [1.29, 1.82) is 0 Å². The van der Waals surface area contributed by atoms with E-state index in [1.54, 1.807) is 0 Å². The van der Waals surface area contributed by atoms with Crippen LogP contribution in [0, 0.1) is 23.7 Å². The SMILES string of the molecule is COC(=O)C#C[C@]1(O)C[C@H]2CC(B3OC(C)(C)C(C)(C)O3)=C[C@H]2C1. The lowest BCUT2D eigenvalue weighted by molar-refractivity contribution is -0.133. The third-order valence-electron chi connectivity index (χ3n) is 5.84. The molecule has 3 rings (SSSR count). The summed E-state index contributed by atoms with van der Waals surface area (Å²) in [5.41, 5.74) is -0.639. The fourth-order valence-corrected chi connectivity index (χ4v) is 3.78. The summed E-state index contributed by atoms with van der Waals surface area (Å²) in [6, 6.07) is 0. The summed E-state index contributed by atoms with van der Waals surface area (Å²) in [6.07, 6.45) is 4.10. The molecule has 6 heteroatoms. The van der Waals surface area contributed by atoms with Crippen molar-refractivity contribution in [3.05, 3.63) is 11.5 Å². The lowest BCUT2D eigenvalue weighted by atomic mass is 9.76. The van der Waals surface area contributed by atoms with Gasteiger partial charge in [0.1, 0.15) is 5.60 Å². The molecule has 0 aromatic heterocycles. The Morgan fingerprint density at radius 2 is 1.92 bits per heavy atom. The van der Waals surface area contributed by atoms with Crippen molar-refractivity contribution in [2.45, 2.75) is 63.8 Å². The molecule has 0 amide bonds. The first kappa shape index (κ1) is 17.5. The Labute approximate surface area is 143 Å². The summed E-state index contributed by atoms with van der Waals surface area (Å²) < 4.78 is 16.7. The molecule has 0 radical (unpaired) electrons. The van der Waals surface area contributed by atoms with Crippen LogP contribution in [0.4, 0.5) is 0 Å². The maximum atomic E-state index is 11.2. The van der Waals surface area contributed by atoms with E-state index in [-0.39, 0.29) is 24.2 Å². The molecule has 1 saturated carbocycles. The first-order valence-corrected chi connectivity index (χ1v) is 8.45. The van der Waals surface area contributed by atoms with Gasteiger partial charge in [-0.1, -0.05) is 12.0 Å². The molecule has 130 valence electrons. The van der Waals surface area contributed by atoms with E-state index in [0.29, 0.717) is 18.8 Å². The molecule has 0 spiro atoms. The van der Waals surface area contributed by atoms with Crippen molar-refractivity contribution in [3.8, 4) is 11.8 Å². The molecule has 2 aliphatic carbocycles. The van der Waals surface area contributed by atoms with Gasteiger partial charge >= 0.3 is 13.1 Å². The number of fused-ring (bicyclic) bond motifs is 1. The molecule has 0 aromatic carbocycles. The highest BCUT2D eigenvalue weighted by Gasteiger charge is 2.55. The maximum absolute atomic E-state index is 11.2. The Bertz CT molecular complexity index is 626. The summed E-state index contributed by atoms with van der Waals surface area (Å²) >= 11 is 0. The van der Waals surface area contributed by atoms with E-state index >= 15 is 0 Å². The molecule has 0 aromatic rings. The highest BCUT2D eigenvalue weighted by Crippen LogP contribution is 2.50. The van der Waals surface area contributed by atoms with Crippen LogP contribution >= 0.6 is 0 Å². The van der Waals surface area contributed by atoms with Crippen molar-refractivity contribution in [2.75, 3.05) is 7.11 Å². The predicted molar refractivity (Wildman–Crippen MR) is 89.7 cm³/mol. The van der Waals surface area contributed by atoms with E-state index in [4.69, 9.17) is 9.31 Å². The van der Waals surface area contributed by atoms with Crippen LogP contribution in [0.25, 0.3) is 0 Å². The minimum Gasteiger partial charge on any atom is -0.459 e. The zero-order valence-electron chi connectivity index (χ0n) is 15.0. The van der Waals surface area contributed by atoms with Crippen LogP contribution in [0.2, 0.25) is 0 Å². The molecule has 1 N–H and O–H groups in total. The van der Waals surface area contributed by atoms with Gasteiger partial charge in [0.05, 0.1) is 18.3 Å². The largest absolute Gasteiger partial charge is 0.490 e. The number of aliphatic hydroxyl groups is 1. The van der Waals surface area contributed by atoms with Gasteiger partial charge in [-0.3, -0.25) is 0 Å². The number of esters is 1. The van der Waals surface area contributed by atoms with Gasteiger partial charge in [0.25, 0.3) is 0 Å². The Balaban J connectivity index is 1.69. The zero-order valence-corrected chi connectivity index (χ0v) is 15.0. The minimum absolute atomic E-state index is 0.246. The van der Waals surface area contributed by atoms with Crippen LogP contribution in [-0.2, 0) is 18.8 Å². The van der Waals surface area contributed by atoms with Crippen LogP contribution in [0.15, 0.2) is 11.5 Å². The number of ether oxygens (including phenoxy) is 1. The molecule has 0 unspecified atom stereocenters. The highest BCUT2D eigenvalue weighted by atomic mass is 16.7. The Kier molecular flexibility index (Phi) is 4.11. The van der Waals surface area contributed by atoms with Crippen molar-refractivity contribution in [3.63, 3.8) is 0 Å². The third-order valence-corrected chi connectivity index (χ3v) is 5.84. The molecule has 1 heterocycles. The van der Waals surface area contributed by atoms with Crippen molar-refractivity contribution in [1.82, 2.24) is 0 Å². The number of allylic oxidation sites excluding steroid dienone is 2. The van der Waals surface area contributed by atoms with Crippen LogP contribution in [0.1, 0.15) is 47.0 Å². The molecule has 1 saturated heterocycles. The van der Waals surface area contributed by atoms with Gasteiger partial charge in [-0.2, -0.15) is 0 Å². The summed E-state index contributed by atoms with van der Waals surface area (Å²) in [7, 11) is 0.971. The minimum atomic E-state index is -1.11. The second-order valence-corrected chi connectivity index (χ2v) is 8.14. The topological polar surface area (TPSA) is 65.0 Å². The summed E-state index contributed by atoms with van der Waals surface area (Å²) in [4.78, 5) is 11.2. The smallest absolute Gasteiger partial charge is 0.459 e. The molecule has 3 aliphatic rings. The lowest BCUT2D eigenvalue weighted by Crippen LogP contribution is -2.41. The third kappa shape index (κ3) is 3.01. The highest BCUT2D eigenvalue weighted by molar-refractivity contribution is 6.54. The van der Waals surface area contributed by atoms with E-state index in [1.165, 1.54) is 7.11 Å². The van der Waals surface area contributed by atoms with Crippen LogP contribution in [0.5, 0.6) is 0 Å². The van der Waals surface area contributed by atoms with Gasteiger partial charge in [-0.05, 0) is 64.3 Å². The Morgan fingerprint density at radius 3 is 2.46 bits per heavy atom. The number of hydrogen-bond acceptors (Lipinski definition) is 5. The van der Waals surface area contributed by atoms with E-state index in [1.807, 2.05) is 27.7 Å².